The zero-order valence-corrected chi connectivity index (χ0v) is 9.78. The summed E-state index contributed by atoms with van der Waals surface area (Å²) in [6, 6.07) is 1.65. The van der Waals surface area contributed by atoms with Crippen LogP contribution in [0, 0.1) is 0 Å². The summed E-state index contributed by atoms with van der Waals surface area (Å²) in [5, 5.41) is 8.58. The maximum absolute atomic E-state index is 11.2. The molecule has 2 aromatic heterocycles. The Labute approximate surface area is 94.2 Å². The maximum Gasteiger partial charge on any atom is 0.358 e. The van der Waals surface area contributed by atoms with Crippen molar-refractivity contribution in [2.75, 3.05) is 7.11 Å². The van der Waals surface area contributed by atoms with Gasteiger partial charge >= 0.3 is 5.97 Å². The van der Waals surface area contributed by atoms with Gasteiger partial charge in [-0.3, -0.25) is 0 Å². The average molecular weight is 270 g/mol. The number of aromatic nitrogens is 3. The van der Waals surface area contributed by atoms with Gasteiger partial charge in [-0.2, -0.15) is 0 Å². The predicted octanol–water partition coefficient (Wildman–Crippen LogP) is 1.52. The van der Waals surface area contributed by atoms with E-state index in [-0.39, 0.29) is 5.69 Å². The number of aryl methyl sites for hydroxylation is 1. The van der Waals surface area contributed by atoms with E-state index in [0.29, 0.717) is 0 Å². The summed E-state index contributed by atoms with van der Waals surface area (Å²) in [6.07, 6.45) is 1.86. The van der Waals surface area contributed by atoms with Crippen LogP contribution < -0.4 is 0 Å². The summed E-state index contributed by atoms with van der Waals surface area (Å²) >= 11 is 3.38. The van der Waals surface area contributed by atoms with Crippen LogP contribution in [0.1, 0.15) is 10.5 Å². The molecule has 2 aromatic rings. The molecule has 0 fully saturated rings. The highest BCUT2D eigenvalue weighted by Crippen LogP contribution is 2.23. The number of hydrogen-bond donors (Lipinski definition) is 0. The highest BCUT2D eigenvalue weighted by atomic mass is 79.9. The number of carbonyl (C=O) groups is 1. The lowest BCUT2D eigenvalue weighted by Gasteiger charge is -1.98. The normalized spacial score (nSPS) is 10.6. The number of ether oxygens (including phenoxy) is 1. The van der Waals surface area contributed by atoms with Crippen LogP contribution in [0.2, 0.25) is 0 Å². The fourth-order valence-corrected chi connectivity index (χ4v) is 1.93. The molecular weight excluding hydrogens is 262 g/mol. The smallest absolute Gasteiger partial charge is 0.358 e. The monoisotopic (exact) mass is 269 g/mol. The molecule has 0 aliphatic rings. The van der Waals surface area contributed by atoms with Crippen molar-refractivity contribution >= 4 is 32.9 Å². The van der Waals surface area contributed by atoms with E-state index in [1.165, 1.54) is 7.11 Å². The zero-order chi connectivity index (χ0) is 11.0. The van der Waals surface area contributed by atoms with Crippen LogP contribution >= 0.6 is 15.9 Å². The maximum atomic E-state index is 11.2. The van der Waals surface area contributed by atoms with Crippen molar-refractivity contribution in [3.8, 4) is 0 Å². The molecule has 6 heteroatoms. The van der Waals surface area contributed by atoms with Gasteiger partial charge in [-0.1, -0.05) is 0 Å². The number of hydrogen-bond acceptors (Lipinski definition) is 4. The topological polar surface area (TPSA) is 57.0 Å². The number of carbonyl (C=O) groups excluding carboxylic acids is 1. The van der Waals surface area contributed by atoms with Crippen LogP contribution in [0.3, 0.4) is 0 Å². The molecule has 0 atom stereocenters. The molecule has 0 saturated heterocycles. The van der Waals surface area contributed by atoms with E-state index in [2.05, 4.69) is 30.9 Å². The number of esters is 1. The van der Waals surface area contributed by atoms with Gasteiger partial charge < -0.3 is 9.30 Å². The summed E-state index contributed by atoms with van der Waals surface area (Å²) in [7, 11) is 3.17. The van der Waals surface area contributed by atoms with Crippen molar-refractivity contribution in [2.45, 2.75) is 0 Å². The van der Waals surface area contributed by atoms with Crippen molar-refractivity contribution in [3.05, 3.63) is 22.4 Å². The van der Waals surface area contributed by atoms with Gasteiger partial charge in [-0.15, -0.1) is 10.2 Å². The van der Waals surface area contributed by atoms with Gasteiger partial charge in [0.25, 0.3) is 0 Å². The minimum atomic E-state index is -0.486. The lowest BCUT2D eigenvalue weighted by atomic mass is 10.3. The molecule has 0 unspecified atom stereocenters. The molecule has 15 heavy (non-hydrogen) atoms. The Hall–Kier alpha value is -1.43. The fourth-order valence-electron chi connectivity index (χ4n) is 1.33. The minimum absolute atomic E-state index is 0.205. The van der Waals surface area contributed by atoms with Gasteiger partial charge in [0.1, 0.15) is 0 Å². The minimum Gasteiger partial charge on any atom is -0.464 e. The molecule has 0 radical (unpaired) electrons. The van der Waals surface area contributed by atoms with Gasteiger partial charge in [0, 0.05) is 23.1 Å². The zero-order valence-electron chi connectivity index (χ0n) is 8.19. The van der Waals surface area contributed by atoms with Gasteiger partial charge in [-0.05, 0) is 22.0 Å². The Morgan fingerprint density at radius 2 is 2.27 bits per heavy atom. The Bertz CT molecular complexity index is 535. The second kappa shape index (κ2) is 3.62. The molecule has 0 aromatic carbocycles. The number of rotatable bonds is 1. The summed E-state index contributed by atoms with van der Waals surface area (Å²) < 4.78 is 7.27. The molecule has 0 N–H and O–H groups in total. The standard InChI is InChI=1S/C9H8BrN3O2/c1-13-4-6(10)5-3-7(9(14)15-2)11-12-8(5)13/h3-4H,1-2H3. The third-order valence-corrected chi connectivity index (χ3v) is 2.70. The summed E-state index contributed by atoms with van der Waals surface area (Å²) in [6.45, 7) is 0. The van der Waals surface area contributed by atoms with Crippen molar-refractivity contribution in [1.29, 1.82) is 0 Å². The third-order valence-electron chi connectivity index (χ3n) is 2.07. The molecule has 0 amide bonds. The first-order valence-corrected chi connectivity index (χ1v) is 4.99. The van der Waals surface area contributed by atoms with E-state index in [4.69, 9.17) is 0 Å². The van der Waals surface area contributed by atoms with E-state index in [1.54, 1.807) is 6.07 Å². The lowest BCUT2D eigenvalue weighted by Crippen LogP contribution is -2.05. The van der Waals surface area contributed by atoms with Crippen molar-refractivity contribution < 1.29 is 9.53 Å². The van der Waals surface area contributed by atoms with Crippen LogP contribution in [-0.2, 0) is 11.8 Å². The van der Waals surface area contributed by atoms with E-state index in [9.17, 15) is 4.79 Å². The van der Waals surface area contributed by atoms with Crippen molar-refractivity contribution in [3.63, 3.8) is 0 Å². The van der Waals surface area contributed by atoms with E-state index < -0.39 is 5.97 Å². The van der Waals surface area contributed by atoms with E-state index in [1.807, 2.05) is 17.8 Å². The number of halogens is 1. The Morgan fingerprint density at radius 3 is 2.93 bits per heavy atom. The molecule has 2 rings (SSSR count). The van der Waals surface area contributed by atoms with Gasteiger partial charge in [-0.25, -0.2) is 4.79 Å². The molecule has 0 bridgehead atoms. The Morgan fingerprint density at radius 1 is 1.53 bits per heavy atom. The largest absolute Gasteiger partial charge is 0.464 e. The second-order valence-corrected chi connectivity index (χ2v) is 3.90. The molecule has 2 heterocycles. The van der Waals surface area contributed by atoms with Crippen LogP contribution in [0.15, 0.2) is 16.7 Å². The average Bonchev–Trinajstić information content (AvgIpc) is 2.53. The summed E-state index contributed by atoms with van der Waals surface area (Å²) in [5.41, 5.74) is 0.923. The van der Waals surface area contributed by atoms with Crippen LogP contribution in [0.25, 0.3) is 11.0 Å². The number of nitrogens with zero attached hydrogens (tertiary/aromatic N) is 3. The summed E-state index contributed by atoms with van der Waals surface area (Å²) in [5.74, 6) is -0.486. The van der Waals surface area contributed by atoms with Crippen molar-refractivity contribution in [2.24, 2.45) is 7.05 Å². The highest BCUT2D eigenvalue weighted by molar-refractivity contribution is 9.10. The third kappa shape index (κ3) is 1.61. The molecule has 5 nitrogen and oxygen atoms in total. The summed E-state index contributed by atoms with van der Waals surface area (Å²) in [4.78, 5) is 11.2. The van der Waals surface area contributed by atoms with Crippen LogP contribution in [-0.4, -0.2) is 27.8 Å². The fraction of sp³-hybridized carbons (Fsp3) is 0.222. The number of fused-ring (bicyclic) bond motifs is 1. The number of methoxy groups -OCH3 is 1. The van der Waals surface area contributed by atoms with E-state index in [0.717, 1.165) is 15.5 Å². The lowest BCUT2D eigenvalue weighted by molar-refractivity contribution is 0.0593. The van der Waals surface area contributed by atoms with Crippen LogP contribution in [0.4, 0.5) is 0 Å². The molecule has 0 saturated carbocycles. The Balaban J connectivity index is 2.65. The Kier molecular flexibility index (Phi) is 2.44. The predicted molar refractivity (Wildman–Crippen MR) is 57.5 cm³/mol. The van der Waals surface area contributed by atoms with Gasteiger partial charge in [0.15, 0.2) is 11.3 Å². The second-order valence-electron chi connectivity index (χ2n) is 3.05. The first-order valence-electron chi connectivity index (χ1n) is 4.20. The first kappa shape index (κ1) is 10.1. The molecule has 0 aliphatic carbocycles. The molecule has 0 spiro atoms. The molecular formula is C9H8BrN3O2. The quantitative estimate of drug-likeness (QED) is 0.737. The SMILES string of the molecule is COC(=O)c1cc2c(Br)cn(C)c2nn1. The highest BCUT2D eigenvalue weighted by Gasteiger charge is 2.12. The van der Waals surface area contributed by atoms with Crippen LogP contribution in [0.5, 0.6) is 0 Å². The first-order chi connectivity index (χ1) is 7.13. The van der Waals surface area contributed by atoms with Gasteiger partial charge in [0.05, 0.1) is 7.11 Å². The van der Waals surface area contributed by atoms with Gasteiger partial charge in [0.2, 0.25) is 0 Å². The van der Waals surface area contributed by atoms with Crippen molar-refractivity contribution in [1.82, 2.24) is 14.8 Å². The molecule has 78 valence electrons. The molecule has 0 aliphatic heterocycles. The van der Waals surface area contributed by atoms with E-state index >= 15 is 0 Å².